The van der Waals surface area contributed by atoms with Crippen LogP contribution in [0.1, 0.15) is 17.0 Å². The van der Waals surface area contributed by atoms with E-state index >= 15 is 0 Å². The maximum absolute atomic E-state index is 14.0. The molecule has 2 heterocycles. The largest absolute Gasteiger partial charge is 0.357 e. The first-order chi connectivity index (χ1) is 9.26. The Morgan fingerprint density at radius 3 is 2.89 bits per heavy atom. The first-order valence-corrected chi connectivity index (χ1v) is 7.47. The Morgan fingerprint density at radius 2 is 2.16 bits per heavy atom. The number of aryl methyl sites for hydroxylation is 2. The summed E-state index contributed by atoms with van der Waals surface area (Å²) >= 11 is 7.34. The van der Waals surface area contributed by atoms with Crippen molar-refractivity contribution in [3.63, 3.8) is 0 Å². The Labute approximate surface area is 119 Å². The Hall–Kier alpha value is -1.39. The van der Waals surface area contributed by atoms with Gasteiger partial charge in [0.05, 0.1) is 17.1 Å². The van der Waals surface area contributed by atoms with Crippen LogP contribution in [0.4, 0.5) is 4.39 Å². The van der Waals surface area contributed by atoms with Crippen LogP contribution >= 0.6 is 22.9 Å². The molecule has 0 radical (unpaired) electrons. The number of aromatic amines is 1. The third kappa shape index (κ3) is 2.65. The van der Waals surface area contributed by atoms with E-state index in [1.807, 2.05) is 17.5 Å². The van der Waals surface area contributed by atoms with Crippen LogP contribution in [0.2, 0.25) is 0 Å². The first-order valence-electron chi connectivity index (χ1n) is 5.99. The summed E-state index contributed by atoms with van der Waals surface area (Å²) in [6.07, 6.45) is 1.41. The van der Waals surface area contributed by atoms with E-state index in [-0.39, 0.29) is 5.82 Å². The van der Waals surface area contributed by atoms with Gasteiger partial charge in [-0.1, -0.05) is 0 Å². The van der Waals surface area contributed by atoms with Crippen LogP contribution in [0.3, 0.4) is 0 Å². The summed E-state index contributed by atoms with van der Waals surface area (Å²) in [5.74, 6) is 0.243. The van der Waals surface area contributed by atoms with Gasteiger partial charge in [-0.05, 0) is 36.6 Å². The predicted octanol–water partition coefficient (Wildman–Crippen LogP) is 4.29. The number of thiazole rings is 1. The third-order valence-electron chi connectivity index (χ3n) is 3.12. The number of nitrogens with one attached hydrogen (secondary N) is 1. The summed E-state index contributed by atoms with van der Waals surface area (Å²) in [6.45, 7) is 0. The number of nitrogens with zero attached hydrogens (tertiary/aromatic N) is 1. The predicted molar refractivity (Wildman–Crippen MR) is 77.3 cm³/mol. The summed E-state index contributed by atoms with van der Waals surface area (Å²) in [7, 11) is 0. The van der Waals surface area contributed by atoms with Crippen LogP contribution in [0.5, 0.6) is 0 Å². The SMILES string of the molecule is Fc1cc2cc(CCl)[nH]c2cc1CCc1cscn1. The molecule has 1 N–H and O–H groups in total. The third-order valence-corrected chi connectivity index (χ3v) is 4.04. The molecule has 3 aromatic rings. The fourth-order valence-electron chi connectivity index (χ4n) is 2.15. The van der Waals surface area contributed by atoms with Crippen LogP contribution < -0.4 is 0 Å². The van der Waals surface area contributed by atoms with Crippen LogP contribution in [0.15, 0.2) is 29.1 Å². The van der Waals surface area contributed by atoms with Crippen LogP contribution in [-0.2, 0) is 18.7 Å². The number of alkyl halides is 1. The van der Waals surface area contributed by atoms with Gasteiger partial charge in [0.2, 0.25) is 0 Å². The highest BCUT2D eigenvalue weighted by Gasteiger charge is 2.08. The molecule has 0 amide bonds. The Kier molecular flexibility index (Phi) is 3.53. The zero-order valence-corrected chi connectivity index (χ0v) is 11.7. The molecular weight excluding hydrogens is 283 g/mol. The lowest BCUT2D eigenvalue weighted by molar-refractivity contribution is 0.610. The Balaban J connectivity index is 1.88. The van der Waals surface area contributed by atoms with Gasteiger partial charge < -0.3 is 4.98 Å². The molecule has 0 spiro atoms. The molecular formula is C14H12ClFN2S. The monoisotopic (exact) mass is 294 g/mol. The molecule has 0 aliphatic heterocycles. The molecule has 0 saturated heterocycles. The number of hydrogen-bond donors (Lipinski definition) is 1. The van der Waals surface area contributed by atoms with E-state index in [2.05, 4.69) is 9.97 Å². The second-order valence-electron chi connectivity index (χ2n) is 4.44. The van der Waals surface area contributed by atoms with Gasteiger partial charge in [-0.25, -0.2) is 9.37 Å². The van der Waals surface area contributed by atoms with E-state index in [9.17, 15) is 4.39 Å². The summed E-state index contributed by atoms with van der Waals surface area (Å²) in [4.78, 5) is 7.41. The molecule has 0 fully saturated rings. The van der Waals surface area contributed by atoms with Crippen molar-refractivity contribution in [2.24, 2.45) is 0 Å². The smallest absolute Gasteiger partial charge is 0.127 e. The van der Waals surface area contributed by atoms with Gasteiger partial charge in [0.25, 0.3) is 0 Å². The number of H-pyrrole nitrogens is 1. The van der Waals surface area contributed by atoms with Crippen LogP contribution in [0, 0.1) is 5.82 Å². The van der Waals surface area contributed by atoms with E-state index in [0.29, 0.717) is 17.9 Å². The lowest BCUT2D eigenvalue weighted by Crippen LogP contribution is -1.95. The summed E-state index contributed by atoms with van der Waals surface area (Å²) < 4.78 is 14.0. The minimum absolute atomic E-state index is 0.164. The minimum Gasteiger partial charge on any atom is -0.357 e. The lowest BCUT2D eigenvalue weighted by Gasteiger charge is -2.02. The fraction of sp³-hybridized carbons (Fsp3) is 0.214. The number of halogens is 2. The van der Waals surface area contributed by atoms with Crippen molar-refractivity contribution in [1.29, 1.82) is 0 Å². The molecule has 19 heavy (non-hydrogen) atoms. The minimum atomic E-state index is -0.164. The normalized spacial score (nSPS) is 11.3. The molecule has 2 aromatic heterocycles. The molecule has 5 heteroatoms. The van der Waals surface area contributed by atoms with Crippen molar-refractivity contribution >= 4 is 33.8 Å². The lowest BCUT2D eigenvalue weighted by atomic mass is 10.1. The average Bonchev–Trinajstić information content (AvgIpc) is 3.04. The highest BCUT2D eigenvalue weighted by atomic mass is 35.5. The van der Waals surface area contributed by atoms with E-state index in [1.54, 1.807) is 22.9 Å². The van der Waals surface area contributed by atoms with Crippen LogP contribution in [0.25, 0.3) is 10.9 Å². The van der Waals surface area contributed by atoms with Crippen molar-refractivity contribution in [1.82, 2.24) is 9.97 Å². The average molecular weight is 295 g/mol. The topological polar surface area (TPSA) is 28.7 Å². The molecule has 1 aromatic carbocycles. The number of fused-ring (bicyclic) bond motifs is 1. The van der Waals surface area contributed by atoms with Gasteiger partial charge in [0, 0.05) is 22.0 Å². The van der Waals surface area contributed by atoms with E-state index < -0.39 is 0 Å². The molecule has 0 bridgehead atoms. The maximum atomic E-state index is 14.0. The summed E-state index contributed by atoms with van der Waals surface area (Å²) in [5, 5.41) is 2.86. The Morgan fingerprint density at radius 1 is 1.26 bits per heavy atom. The molecule has 0 aliphatic carbocycles. The van der Waals surface area contributed by atoms with Crippen LogP contribution in [-0.4, -0.2) is 9.97 Å². The highest BCUT2D eigenvalue weighted by molar-refractivity contribution is 7.07. The molecule has 0 atom stereocenters. The standard InChI is InChI=1S/C14H12ClFN2S/c15-6-12-3-10-4-13(16)9(5-14(10)18-12)1-2-11-7-19-8-17-11/h3-5,7-8,18H,1-2,6H2. The van der Waals surface area contributed by atoms with E-state index in [0.717, 1.165) is 28.7 Å². The molecule has 0 aliphatic rings. The summed E-state index contributed by atoms with van der Waals surface area (Å²) in [5.41, 5.74) is 5.37. The molecule has 98 valence electrons. The molecule has 0 unspecified atom stereocenters. The van der Waals surface area contributed by atoms with E-state index in [1.165, 1.54) is 0 Å². The van der Waals surface area contributed by atoms with Gasteiger partial charge in [0.1, 0.15) is 5.82 Å². The molecule has 3 rings (SSSR count). The quantitative estimate of drug-likeness (QED) is 0.715. The van der Waals surface area contributed by atoms with Gasteiger partial charge in [-0.2, -0.15) is 0 Å². The van der Waals surface area contributed by atoms with Gasteiger partial charge >= 0.3 is 0 Å². The maximum Gasteiger partial charge on any atom is 0.127 e. The zero-order chi connectivity index (χ0) is 13.2. The van der Waals surface area contributed by atoms with Crippen molar-refractivity contribution in [3.8, 4) is 0 Å². The van der Waals surface area contributed by atoms with Crippen molar-refractivity contribution in [2.75, 3.05) is 0 Å². The van der Waals surface area contributed by atoms with Gasteiger partial charge in [-0.3, -0.25) is 0 Å². The van der Waals surface area contributed by atoms with Gasteiger partial charge in [-0.15, -0.1) is 22.9 Å². The second-order valence-corrected chi connectivity index (χ2v) is 5.42. The van der Waals surface area contributed by atoms with Crippen molar-refractivity contribution < 1.29 is 4.39 Å². The van der Waals surface area contributed by atoms with Crippen molar-refractivity contribution in [3.05, 3.63) is 51.9 Å². The number of benzene rings is 1. The highest BCUT2D eigenvalue weighted by Crippen LogP contribution is 2.22. The number of aromatic nitrogens is 2. The number of hydrogen-bond acceptors (Lipinski definition) is 2. The second kappa shape index (κ2) is 5.31. The molecule has 2 nitrogen and oxygen atoms in total. The van der Waals surface area contributed by atoms with Gasteiger partial charge in [0.15, 0.2) is 0 Å². The van der Waals surface area contributed by atoms with E-state index in [4.69, 9.17) is 11.6 Å². The van der Waals surface area contributed by atoms with Crippen molar-refractivity contribution in [2.45, 2.75) is 18.7 Å². The summed E-state index contributed by atoms with van der Waals surface area (Å²) in [6, 6.07) is 5.32. The Bertz CT molecular complexity index is 691. The zero-order valence-electron chi connectivity index (χ0n) is 10.1. The first kappa shape index (κ1) is 12.6. The fourth-order valence-corrected chi connectivity index (χ4v) is 2.88. The number of rotatable bonds is 4. The molecule has 0 saturated carbocycles.